The molecule has 1 atom stereocenters. The van der Waals surface area contributed by atoms with Crippen LogP contribution in [0.15, 0.2) is 48.5 Å². The third-order valence-corrected chi connectivity index (χ3v) is 3.29. The van der Waals surface area contributed by atoms with Crippen LogP contribution in [0.1, 0.15) is 30.0 Å². The number of hydrogen-bond acceptors (Lipinski definition) is 2. The number of hydrogen-bond donors (Lipinski definition) is 2. The van der Waals surface area contributed by atoms with E-state index in [1.54, 1.807) is 0 Å². The van der Waals surface area contributed by atoms with Crippen LogP contribution in [0.3, 0.4) is 0 Å². The molecule has 4 heteroatoms. The normalized spacial score (nSPS) is 12.3. The van der Waals surface area contributed by atoms with Crippen molar-refractivity contribution in [2.75, 3.05) is 0 Å². The van der Waals surface area contributed by atoms with Crippen LogP contribution < -0.4 is 11.3 Å². The Bertz CT molecular complexity index is 523. The Morgan fingerprint density at radius 3 is 2.25 bits per heavy atom. The van der Waals surface area contributed by atoms with Gasteiger partial charge in [-0.1, -0.05) is 30.3 Å². The number of nitrogens with two attached hydrogens (primary N) is 1. The minimum absolute atomic E-state index is 0.246. The van der Waals surface area contributed by atoms with Gasteiger partial charge in [0.05, 0.1) is 0 Å². The van der Waals surface area contributed by atoms with E-state index >= 15 is 0 Å². The van der Waals surface area contributed by atoms with Crippen LogP contribution in [0, 0.1) is 11.6 Å². The maximum Gasteiger partial charge on any atom is 0.126 e. The molecule has 1 unspecified atom stereocenters. The van der Waals surface area contributed by atoms with Crippen LogP contribution in [-0.2, 0) is 6.42 Å². The fourth-order valence-electron chi connectivity index (χ4n) is 2.28. The van der Waals surface area contributed by atoms with Crippen LogP contribution in [0.25, 0.3) is 0 Å². The summed E-state index contributed by atoms with van der Waals surface area (Å²) in [6.07, 6.45) is 2.52. The van der Waals surface area contributed by atoms with Gasteiger partial charge in [0.25, 0.3) is 0 Å². The van der Waals surface area contributed by atoms with E-state index in [1.807, 2.05) is 18.2 Å². The summed E-state index contributed by atoms with van der Waals surface area (Å²) in [7, 11) is 0. The number of benzene rings is 2. The molecule has 20 heavy (non-hydrogen) atoms. The molecular formula is C16H18F2N2. The predicted molar refractivity (Wildman–Crippen MR) is 75.8 cm³/mol. The van der Waals surface area contributed by atoms with Crippen molar-refractivity contribution in [2.24, 2.45) is 5.84 Å². The number of hydrazine groups is 1. The van der Waals surface area contributed by atoms with Crippen LogP contribution >= 0.6 is 0 Å². The predicted octanol–water partition coefficient (Wildman–Crippen LogP) is 3.49. The average Bonchev–Trinajstić information content (AvgIpc) is 2.43. The van der Waals surface area contributed by atoms with Crippen molar-refractivity contribution in [2.45, 2.75) is 25.3 Å². The molecule has 0 fully saturated rings. The lowest BCUT2D eigenvalue weighted by Crippen LogP contribution is -2.28. The molecular weight excluding hydrogens is 258 g/mol. The first-order valence-electron chi connectivity index (χ1n) is 6.65. The molecule has 0 saturated carbocycles. The summed E-state index contributed by atoms with van der Waals surface area (Å²) in [4.78, 5) is 0. The summed E-state index contributed by atoms with van der Waals surface area (Å²) < 4.78 is 26.4. The minimum atomic E-state index is -0.580. The second kappa shape index (κ2) is 7.12. The molecule has 0 heterocycles. The van der Waals surface area contributed by atoms with Crippen LogP contribution in [0.4, 0.5) is 8.78 Å². The minimum Gasteiger partial charge on any atom is -0.271 e. The van der Waals surface area contributed by atoms with E-state index in [2.05, 4.69) is 17.6 Å². The first-order chi connectivity index (χ1) is 9.69. The van der Waals surface area contributed by atoms with Gasteiger partial charge in [-0.15, -0.1) is 0 Å². The van der Waals surface area contributed by atoms with Crippen molar-refractivity contribution in [3.05, 3.63) is 71.3 Å². The quantitative estimate of drug-likeness (QED) is 0.626. The van der Waals surface area contributed by atoms with Gasteiger partial charge in [0.15, 0.2) is 0 Å². The molecule has 2 rings (SSSR count). The zero-order valence-corrected chi connectivity index (χ0v) is 11.2. The molecule has 3 N–H and O–H groups in total. The molecule has 106 valence electrons. The summed E-state index contributed by atoms with van der Waals surface area (Å²) in [6.45, 7) is 0. The lowest BCUT2D eigenvalue weighted by atomic mass is 9.99. The lowest BCUT2D eigenvalue weighted by Gasteiger charge is -2.16. The monoisotopic (exact) mass is 276 g/mol. The van der Waals surface area contributed by atoms with E-state index < -0.39 is 11.6 Å². The van der Waals surface area contributed by atoms with Crippen LogP contribution in [0.5, 0.6) is 0 Å². The van der Waals surface area contributed by atoms with E-state index in [0.717, 1.165) is 18.9 Å². The van der Waals surface area contributed by atoms with E-state index in [0.29, 0.717) is 12.0 Å². The average molecular weight is 276 g/mol. The van der Waals surface area contributed by atoms with Gasteiger partial charge in [-0.25, -0.2) is 8.78 Å². The van der Waals surface area contributed by atoms with Gasteiger partial charge in [-0.2, -0.15) is 0 Å². The van der Waals surface area contributed by atoms with Crippen molar-refractivity contribution in [1.82, 2.24) is 5.43 Å². The smallest absolute Gasteiger partial charge is 0.126 e. The molecule has 0 bridgehead atoms. The van der Waals surface area contributed by atoms with Gasteiger partial charge in [-0.05, 0) is 42.5 Å². The SMILES string of the molecule is NNC(CCCc1ccccc1)c1cc(F)cc(F)c1. The van der Waals surface area contributed by atoms with Gasteiger partial charge in [0, 0.05) is 12.1 Å². The Hall–Kier alpha value is -1.78. The highest BCUT2D eigenvalue weighted by Gasteiger charge is 2.12. The van der Waals surface area contributed by atoms with Gasteiger partial charge >= 0.3 is 0 Å². The largest absolute Gasteiger partial charge is 0.271 e. The van der Waals surface area contributed by atoms with Gasteiger partial charge in [0.2, 0.25) is 0 Å². The van der Waals surface area contributed by atoms with Crippen LogP contribution in [-0.4, -0.2) is 0 Å². The summed E-state index contributed by atoms with van der Waals surface area (Å²) >= 11 is 0. The second-order valence-electron chi connectivity index (χ2n) is 4.80. The summed E-state index contributed by atoms with van der Waals surface area (Å²) in [5.74, 6) is 4.33. The molecule has 0 amide bonds. The van der Waals surface area contributed by atoms with Crippen molar-refractivity contribution in [3.8, 4) is 0 Å². The van der Waals surface area contributed by atoms with E-state index in [1.165, 1.54) is 17.7 Å². The summed E-state index contributed by atoms with van der Waals surface area (Å²) in [6, 6.07) is 13.3. The molecule has 2 aromatic rings. The Kier molecular flexibility index (Phi) is 5.21. The fraction of sp³-hybridized carbons (Fsp3) is 0.250. The van der Waals surface area contributed by atoms with Crippen molar-refractivity contribution in [1.29, 1.82) is 0 Å². The zero-order valence-electron chi connectivity index (χ0n) is 11.2. The molecule has 0 aliphatic carbocycles. The van der Waals surface area contributed by atoms with E-state index in [9.17, 15) is 8.78 Å². The summed E-state index contributed by atoms with van der Waals surface area (Å²) in [5, 5.41) is 0. The third kappa shape index (κ3) is 4.11. The maximum absolute atomic E-state index is 13.2. The van der Waals surface area contributed by atoms with Crippen LogP contribution in [0.2, 0.25) is 0 Å². The number of halogens is 2. The van der Waals surface area contributed by atoms with E-state index in [-0.39, 0.29) is 6.04 Å². The highest BCUT2D eigenvalue weighted by molar-refractivity contribution is 5.21. The van der Waals surface area contributed by atoms with Gasteiger partial charge in [0.1, 0.15) is 11.6 Å². The van der Waals surface area contributed by atoms with Crippen molar-refractivity contribution in [3.63, 3.8) is 0 Å². The third-order valence-electron chi connectivity index (χ3n) is 3.29. The standard InChI is InChI=1S/C16H18F2N2/c17-14-9-13(10-15(18)11-14)16(20-19)8-4-7-12-5-2-1-3-6-12/h1-3,5-6,9-11,16,20H,4,7-8,19H2. The zero-order chi connectivity index (χ0) is 14.4. The Morgan fingerprint density at radius 2 is 1.65 bits per heavy atom. The number of aryl methyl sites for hydroxylation is 1. The van der Waals surface area contributed by atoms with Gasteiger partial charge < -0.3 is 0 Å². The summed E-state index contributed by atoms with van der Waals surface area (Å²) in [5.41, 5.74) is 4.41. The Morgan fingerprint density at radius 1 is 1.00 bits per heavy atom. The first kappa shape index (κ1) is 14.6. The highest BCUT2D eigenvalue weighted by atomic mass is 19.1. The highest BCUT2D eigenvalue weighted by Crippen LogP contribution is 2.21. The number of nitrogens with one attached hydrogen (secondary N) is 1. The van der Waals surface area contributed by atoms with Crippen molar-refractivity contribution >= 4 is 0 Å². The molecule has 0 aromatic heterocycles. The maximum atomic E-state index is 13.2. The lowest BCUT2D eigenvalue weighted by molar-refractivity contribution is 0.489. The molecule has 2 nitrogen and oxygen atoms in total. The number of rotatable bonds is 6. The Balaban J connectivity index is 1.95. The fourth-order valence-corrected chi connectivity index (χ4v) is 2.28. The second-order valence-corrected chi connectivity index (χ2v) is 4.80. The molecule has 0 aliphatic rings. The Labute approximate surface area is 117 Å². The topological polar surface area (TPSA) is 38.0 Å². The van der Waals surface area contributed by atoms with E-state index in [4.69, 9.17) is 5.84 Å². The molecule has 0 aliphatic heterocycles. The molecule has 2 aromatic carbocycles. The molecule has 0 spiro atoms. The van der Waals surface area contributed by atoms with Gasteiger partial charge in [-0.3, -0.25) is 11.3 Å². The van der Waals surface area contributed by atoms with Crippen molar-refractivity contribution < 1.29 is 8.78 Å². The first-order valence-corrected chi connectivity index (χ1v) is 6.65. The molecule has 0 radical (unpaired) electrons. The molecule has 0 saturated heterocycles.